The van der Waals surface area contributed by atoms with E-state index in [2.05, 4.69) is 0 Å². The third kappa shape index (κ3) is 1.94. The quantitative estimate of drug-likeness (QED) is 0.639. The van der Waals surface area contributed by atoms with Crippen LogP contribution in [0.1, 0.15) is 25.0 Å². The Kier molecular flexibility index (Phi) is 2.50. The maximum Gasteiger partial charge on any atom is 0.129 e. The molecule has 0 bridgehead atoms. The summed E-state index contributed by atoms with van der Waals surface area (Å²) in [5.74, 6) is -0.261. The maximum atomic E-state index is 12.8. The molecule has 0 saturated carbocycles. The van der Waals surface area contributed by atoms with Crippen LogP contribution in [0, 0.1) is 12.7 Å². The predicted molar refractivity (Wildman–Crippen MR) is 50.2 cm³/mol. The lowest BCUT2D eigenvalue weighted by atomic mass is 9.83. The van der Waals surface area contributed by atoms with Crippen molar-refractivity contribution in [2.24, 2.45) is 0 Å². The second kappa shape index (κ2) is 3.29. The Hall–Kier alpha value is -1.18. The summed E-state index contributed by atoms with van der Waals surface area (Å²) in [7, 11) is 0. The number of halogens is 1. The van der Waals surface area contributed by atoms with E-state index in [1.807, 2.05) is 20.8 Å². The minimum absolute atomic E-state index is 0.261. The molecule has 0 aliphatic rings. The van der Waals surface area contributed by atoms with Gasteiger partial charge in [-0.15, -0.1) is 0 Å². The summed E-state index contributed by atoms with van der Waals surface area (Å²) in [6.07, 6.45) is 0.882. The van der Waals surface area contributed by atoms with Gasteiger partial charge in [-0.2, -0.15) is 0 Å². The van der Waals surface area contributed by atoms with E-state index in [1.165, 1.54) is 12.1 Å². The molecule has 70 valence electrons. The second-order valence-electron chi connectivity index (χ2n) is 3.80. The average Bonchev–Trinajstić information content (AvgIpc) is 2.03. The van der Waals surface area contributed by atoms with E-state index < -0.39 is 5.41 Å². The normalized spacial score (nSPS) is 11.4. The van der Waals surface area contributed by atoms with Crippen LogP contribution in [-0.4, -0.2) is 6.29 Å². The van der Waals surface area contributed by atoms with Crippen molar-refractivity contribution in [3.8, 4) is 0 Å². The van der Waals surface area contributed by atoms with Gasteiger partial charge in [-0.3, -0.25) is 0 Å². The third-order valence-electron chi connectivity index (χ3n) is 2.18. The molecular formula is C11H13FO. The Bertz CT molecular complexity index is 329. The molecule has 0 spiro atoms. The van der Waals surface area contributed by atoms with Gasteiger partial charge >= 0.3 is 0 Å². The van der Waals surface area contributed by atoms with Crippen molar-refractivity contribution in [3.05, 3.63) is 35.1 Å². The molecule has 2 heteroatoms. The molecule has 0 N–H and O–H groups in total. The first-order valence-corrected chi connectivity index (χ1v) is 4.20. The molecule has 0 radical (unpaired) electrons. The zero-order valence-corrected chi connectivity index (χ0v) is 8.10. The molecule has 1 aromatic rings. The highest BCUT2D eigenvalue weighted by molar-refractivity contribution is 5.68. The fourth-order valence-electron chi connectivity index (χ4n) is 1.41. The zero-order valence-electron chi connectivity index (χ0n) is 8.10. The molecule has 0 aliphatic heterocycles. The number of carbonyl (C=O) groups excluding carboxylic acids is 1. The Labute approximate surface area is 77.6 Å². The summed E-state index contributed by atoms with van der Waals surface area (Å²) < 4.78 is 12.8. The summed E-state index contributed by atoms with van der Waals surface area (Å²) in [5, 5.41) is 0. The van der Waals surface area contributed by atoms with Gasteiger partial charge in [-0.05, 0) is 44.0 Å². The number of rotatable bonds is 2. The summed E-state index contributed by atoms with van der Waals surface area (Å²) >= 11 is 0. The molecule has 0 aliphatic carbocycles. The van der Waals surface area contributed by atoms with E-state index in [-0.39, 0.29) is 5.82 Å². The van der Waals surface area contributed by atoms with Crippen LogP contribution >= 0.6 is 0 Å². The lowest BCUT2D eigenvalue weighted by Gasteiger charge is -2.19. The summed E-state index contributed by atoms with van der Waals surface area (Å²) in [5.41, 5.74) is 1.17. The fourth-order valence-corrected chi connectivity index (χ4v) is 1.41. The van der Waals surface area contributed by atoms with Gasteiger partial charge in [0.2, 0.25) is 0 Å². The van der Waals surface area contributed by atoms with Gasteiger partial charge in [-0.25, -0.2) is 4.39 Å². The average molecular weight is 180 g/mol. The first kappa shape index (κ1) is 9.90. The number of benzene rings is 1. The number of aryl methyl sites for hydroxylation is 1. The van der Waals surface area contributed by atoms with Crippen LogP contribution in [0.5, 0.6) is 0 Å². The topological polar surface area (TPSA) is 17.1 Å². The van der Waals surface area contributed by atoms with Crippen LogP contribution in [0.4, 0.5) is 4.39 Å². The lowest BCUT2D eigenvalue weighted by Crippen LogP contribution is -2.20. The first-order chi connectivity index (χ1) is 5.97. The summed E-state index contributed by atoms with van der Waals surface area (Å²) in [6.45, 7) is 5.45. The van der Waals surface area contributed by atoms with Gasteiger partial charge in [-0.1, -0.05) is 6.07 Å². The molecule has 0 saturated heterocycles. The fraction of sp³-hybridized carbons (Fsp3) is 0.364. The van der Waals surface area contributed by atoms with E-state index in [9.17, 15) is 9.18 Å². The van der Waals surface area contributed by atoms with Crippen LogP contribution in [0.15, 0.2) is 18.2 Å². The van der Waals surface area contributed by atoms with Crippen molar-refractivity contribution in [3.63, 3.8) is 0 Å². The smallest absolute Gasteiger partial charge is 0.129 e. The largest absolute Gasteiger partial charge is 0.302 e. The minimum Gasteiger partial charge on any atom is -0.302 e. The van der Waals surface area contributed by atoms with Crippen molar-refractivity contribution < 1.29 is 9.18 Å². The Balaban J connectivity index is 3.23. The highest BCUT2D eigenvalue weighted by Crippen LogP contribution is 2.24. The number of aldehydes is 1. The van der Waals surface area contributed by atoms with Crippen LogP contribution < -0.4 is 0 Å². The molecule has 0 aromatic heterocycles. The van der Waals surface area contributed by atoms with E-state index in [4.69, 9.17) is 0 Å². The highest BCUT2D eigenvalue weighted by atomic mass is 19.1. The van der Waals surface area contributed by atoms with E-state index in [0.717, 1.165) is 17.4 Å². The van der Waals surface area contributed by atoms with Crippen molar-refractivity contribution in [1.82, 2.24) is 0 Å². The van der Waals surface area contributed by atoms with E-state index in [0.29, 0.717) is 0 Å². The molecular weight excluding hydrogens is 167 g/mol. The van der Waals surface area contributed by atoms with Crippen LogP contribution in [0.3, 0.4) is 0 Å². The minimum atomic E-state index is -0.530. The zero-order chi connectivity index (χ0) is 10.1. The van der Waals surface area contributed by atoms with Crippen LogP contribution in [0.2, 0.25) is 0 Å². The molecule has 1 nitrogen and oxygen atoms in total. The van der Waals surface area contributed by atoms with Crippen molar-refractivity contribution in [1.29, 1.82) is 0 Å². The second-order valence-corrected chi connectivity index (χ2v) is 3.80. The van der Waals surface area contributed by atoms with Gasteiger partial charge < -0.3 is 4.79 Å². The van der Waals surface area contributed by atoms with E-state index >= 15 is 0 Å². The van der Waals surface area contributed by atoms with Crippen LogP contribution in [-0.2, 0) is 10.2 Å². The van der Waals surface area contributed by atoms with Gasteiger partial charge in [0, 0.05) is 5.41 Å². The van der Waals surface area contributed by atoms with Gasteiger partial charge in [0.05, 0.1) is 0 Å². The van der Waals surface area contributed by atoms with Crippen LogP contribution in [0.25, 0.3) is 0 Å². The van der Waals surface area contributed by atoms with Crippen molar-refractivity contribution >= 4 is 6.29 Å². The molecule has 0 unspecified atom stereocenters. The Morgan fingerprint density at radius 3 is 2.46 bits per heavy atom. The predicted octanol–water partition coefficient (Wildman–Crippen LogP) is 2.61. The van der Waals surface area contributed by atoms with Gasteiger partial charge in [0.25, 0.3) is 0 Å². The van der Waals surface area contributed by atoms with Crippen molar-refractivity contribution in [2.45, 2.75) is 26.2 Å². The molecule has 0 amide bonds. The monoisotopic (exact) mass is 180 g/mol. The van der Waals surface area contributed by atoms with Gasteiger partial charge in [0.1, 0.15) is 12.1 Å². The standard InChI is InChI=1S/C11H13FO/c1-8-6-9(12)4-5-10(8)11(2,3)7-13/h4-7H,1-3H3. The molecule has 0 heterocycles. The summed E-state index contributed by atoms with van der Waals surface area (Å²) in [6, 6.07) is 4.49. The SMILES string of the molecule is Cc1cc(F)ccc1C(C)(C)C=O. The Morgan fingerprint density at radius 2 is 2.00 bits per heavy atom. The first-order valence-electron chi connectivity index (χ1n) is 4.20. The third-order valence-corrected chi connectivity index (χ3v) is 2.18. The molecule has 0 atom stereocenters. The highest BCUT2D eigenvalue weighted by Gasteiger charge is 2.21. The molecule has 1 rings (SSSR count). The number of hydrogen-bond donors (Lipinski definition) is 0. The molecule has 1 aromatic carbocycles. The van der Waals surface area contributed by atoms with E-state index in [1.54, 1.807) is 6.07 Å². The Morgan fingerprint density at radius 1 is 1.38 bits per heavy atom. The van der Waals surface area contributed by atoms with Crippen molar-refractivity contribution in [2.75, 3.05) is 0 Å². The number of hydrogen-bond acceptors (Lipinski definition) is 1. The summed E-state index contributed by atoms with van der Waals surface area (Å²) in [4.78, 5) is 10.8. The number of carbonyl (C=O) groups is 1. The maximum absolute atomic E-state index is 12.8. The molecule has 13 heavy (non-hydrogen) atoms. The molecule has 0 fully saturated rings. The lowest BCUT2D eigenvalue weighted by molar-refractivity contribution is -0.111. The van der Waals surface area contributed by atoms with Gasteiger partial charge in [0.15, 0.2) is 0 Å².